The molecule has 4 N–H and O–H groups in total. The Hall–Kier alpha value is -4.33. The number of benzene rings is 3. The van der Waals surface area contributed by atoms with Crippen LogP contribution in [0.3, 0.4) is 0 Å². The van der Waals surface area contributed by atoms with Crippen LogP contribution in [-0.4, -0.2) is 117 Å². The summed E-state index contributed by atoms with van der Waals surface area (Å²) in [5, 5.41) is 29.4. The first-order valence-electron chi connectivity index (χ1n) is 21.0. The van der Waals surface area contributed by atoms with Crippen LogP contribution in [0.1, 0.15) is 74.9 Å². The average Bonchev–Trinajstić information content (AvgIpc) is 3.59. The standard InChI is InChI=1S/C47H65N5O7/c1-27(30-15-12-11-13-16-30)43(55)39(25-50(6)7)49-45(56)33-19-32(20-35(21-33)51(8)9)36-18-14-17-31(44(36)58-10)24-52-42(41(29(3)54)40(26-53)59-52)46(57)48-38-23-34-22-37(28(38)2)47(34,4)5/h11-21,27-29,34,37-42,53-54H,22-26H2,1-10H3,(H,48,57)(H,49,56)/t27?,28-,29-,34-,37-,38-,39+,40-,41-,42-/m0/s1. The smallest absolute Gasteiger partial charge is 0.252 e. The number of likely N-dealkylation sites (N-methyl/N-ethyl adjacent to an activating group) is 1. The molecule has 320 valence electrons. The first-order valence-corrected chi connectivity index (χ1v) is 21.0. The van der Waals surface area contributed by atoms with Gasteiger partial charge in [0.25, 0.3) is 5.91 Å². The number of hydrogen-bond donors (Lipinski definition) is 4. The van der Waals surface area contributed by atoms with Crippen LogP contribution in [0.5, 0.6) is 5.75 Å². The zero-order chi connectivity index (χ0) is 42.9. The lowest BCUT2D eigenvalue weighted by atomic mass is 9.45. The minimum atomic E-state index is -0.926. The molecule has 3 aromatic carbocycles. The minimum Gasteiger partial charge on any atom is -0.496 e. The summed E-state index contributed by atoms with van der Waals surface area (Å²) in [5.41, 5.74) is 4.45. The van der Waals surface area contributed by atoms with Crippen LogP contribution in [0.15, 0.2) is 66.7 Å². The number of anilines is 1. The van der Waals surface area contributed by atoms with E-state index >= 15 is 0 Å². The Morgan fingerprint density at radius 2 is 1.71 bits per heavy atom. The topological polar surface area (TPSA) is 144 Å². The molecule has 0 radical (unpaired) electrons. The number of ether oxygens (including phenoxy) is 1. The van der Waals surface area contributed by atoms with Crippen LogP contribution in [0.4, 0.5) is 5.69 Å². The van der Waals surface area contributed by atoms with Crippen LogP contribution in [0.2, 0.25) is 0 Å². The number of carbonyl (C=O) groups is 3. The van der Waals surface area contributed by atoms with Crippen LogP contribution in [-0.2, 0) is 21.0 Å². The second-order valence-electron chi connectivity index (χ2n) is 18.2. The Labute approximate surface area is 350 Å². The molecule has 1 heterocycles. The lowest BCUT2D eigenvalue weighted by Gasteiger charge is -2.62. The molecule has 4 aliphatic rings. The monoisotopic (exact) mass is 811 g/mol. The van der Waals surface area contributed by atoms with Gasteiger partial charge in [0.2, 0.25) is 5.91 Å². The number of aliphatic hydroxyl groups is 2. The maximum atomic E-state index is 14.3. The molecular weight excluding hydrogens is 747 g/mol. The highest BCUT2D eigenvalue weighted by Crippen LogP contribution is 2.61. The highest BCUT2D eigenvalue weighted by molar-refractivity contribution is 6.01. The van der Waals surface area contributed by atoms with Crippen LogP contribution in [0.25, 0.3) is 11.1 Å². The molecule has 1 aliphatic heterocycles. The number of fused-ring (bicyclic) bond motifs is 2. The van der Waals surface area contributed by atoms with Crippen molar-refractivity contribution >= 4 is 23.3 Å². The second kappa shape index (κ2) is 18.1. The van der Waals surface area contributed by atoms with Crippen LogP contribution >= 0.6 is 0 Å². The van der Waals surface area contributed by atoms with E-state index in [2.05, 4.69) is 31.4 Å². The number of carbonyl (C=O) groups excluding carboxylic acids is 3. The molecule has 2 bridgehead atoms. The number of ketones is 1. The Kier molecular flexibility index (Phi) is 13.6. The molecule has 59 heavy (non-hydrogen) atoms. The summed E-state index contributed by atoms with van der Waals surface area (Å²) in [5.74, 6) is 0.158. The highest BCUT2D eigenvalue weighted by Gasteiger charge is 2.57. The van der Waals surface area contributed by atoms with Crippen LogP contribution in [0, 0.1) is 29.1 Å². The van der Waals surface area contributed by atoms with Gasteiger partial charge in [0.1, 0.15) is 23.9 Å². The molecule has 12 nitrogen and oxygen atoms in total. The van der Waals surface area contributed by atoms with Crippen molar-refractivity contribution in [1.82, 2.24) is 20.6 Å². The molecule has 3 aliphatic carbocycles. The molecule has 10 atom stereocenters. The predicted octanol–water partition coefficient (Wildman–Crippen LogP) is 5.12. The maximum Gasteiger partial charge on any atom is 0.252 e. The second-order valence-corrected chi connectivity index (χ2v) is 18.2. The number of rotatable bonds is 16. The molecule has 3 saturated carbocycles. The van der Waals surface area contributed by atoms with E-state index in [9.17, 15) is 24.6 Å². The third-order valence-corrected chi connectivity index (χ3v) is 13.6. The Balaban J connectivity index is 1.29. The summed E-state index contributed by atoms with van der Waals surface area (Å²) in [7, 11) is 9.13. The molecule has 3 aromatic rings. The van der Waals surface area contributed by atoms with Gasteiger partial charge in [-0.25, -0.2) is 0 Å². The predicted molar refractivity (Wildman–Crippen MR) is 230 cm³/mol. The Bertz CT molecular complexity index is 1970. The third-order valence-electron chi connectivity index (χ3n) is 13.6. The minimum absolute atomic E-state index is 0.0146. The van der Waals surface area contributed by atoms with Crippen molar-refractivity contribution in [2.45, 2.75) is 90.3 Å². The molecule has 0 aromatic heterocycles. The number of amides is 2. The van der Waals surface area contributed by atoms with Crippen molar-refractivity contribution in [3.8, 4) is 16.9 Å². The summed E-state index contributed by atoms with van der Waals surface area (Å²) in [6.45, 7) is 10.5. The van der Waals surface area contributed by atoms with Crippen molar-refractivity contribution in [1.29, 1.82) is 0 Å². The fourth-order valence-electron chi connectivity index (χ4n) is 10.0. The number of para-hydroxylation sites is 1. The van der Waals surface area contributed by atoms with E-state index in [0.29, 0.717) is 52.3 Å². The van der Waals surface area contributed by atoms with E-state index in [0.717, 1.165) is 17.7 Å². The summed E-state index contributed by atoms with van der Waals surface area (Å²) in [6, 6.07) is 19.3. The van der Waals surface area contributed by atoms with Gasteiger partial charge in [0, 0.05) is 60.9 Å². The molecule has 1 unspecified atom stereocenters. The molecule has 4 fully saturated rings. The summed E-state index contributed by atoms with van der Waals surface area (Å²) in [4.78, 5) is 52.4. The number of nitrogens with zero attached hydrogens (tertiary/aromatic N) is 3. The van der Waals surface area contributed by atoms with Gasteiger partial charge < -0.3 is 35.4 Å². The number of hydrogen-bond acceptors (Lipinski definition) is 10. The van der Waals surface area contributed by atoms with Crippen molar-refractivity contribution in [3.05, 3.63) is 83.4 Å². The highest BCUT2D eigenvalue weighted by atomic mass is 16.7. The van der Waals surface area contributed by atoms with Crippen molar-refractivity contribution in [2.75, 3.05) is 53.4 Å². The first-order chi connectivity index (χ1) is 28.0. The Morgan fingerprint density at radius 1 is 1.00 bits per heavy atom. The molecule has 2 amide bonds. The Morgan fingerprint density at radius 3 is 2.31 bits per heavy atom. The molecule has 1 saturated heterocycles. The summed E-state index contributed by atoms with van der Waals surface area (Å²) in [6.07, 6.45) is 0.387. The largest absolute Gasteiger partial charge is 0.496 e. The number of aliphatic hydroxyl groups excluding tert-OH is 2. The van der Waals surface area contributed by atoms with E-state index in [1.54, 1.807) is 31.2 Å². The number of methoxy groups -OCH3 is 1. The van der Waals surface area contributed by atoms with Gasteiger partial charge in [-0.15, -0.1) is 0 Å². The molecule has 7 rings (SSSR count). The number of nitrogens with one attached hydrogen (secondary N) is 2. The maximum absolute atomic E-state index is 14.3. The fraction of sp³-hybridized carbons (Fsp3) is 0.553. The lowest BCUT2D eigenvalue weighted by Crippen LogP contribution is -2.62. The van der Waals surface area contributed by atoms with Crippen molar-refractivity contribution in [3.63, 3.8) is 0 Å². The normalized spacial score (nSPS) is 26.4. The van der Waals surface area contributed by atoms with E-state index in [1.807, 2.05) is 99.5 Å². The van der Waals surface area contributed by atoms with Gasteiger partial charge in [-0.1, -0.05) is 76.2 Å². The first kappa shape index (κ1) is 44.2. The van der Waals surface area contributed by atoms with Gasteiger partial charge in [-0.05, 0) is 86.4 Å². The van der Waals surface area contributed by atoms with Crippen molar-refractivity contribution < 1.29 is 34.2 Å². The van der Waals surface area contributed by atoms with Gasteiger partial charge in [-0.3, -0.25) is 19.2 Å². The average molecular weight is 812 g/mol. The van der Waals surface area contributed by atoms with E-state index in [4.69, 9.17) is 9.57 Å². The van der Waals surface area contributed by atoms with Gasteiger partial charge >= 0.3 is 0 Å². The van der Waals surface area contributed by atoms with Crippen LogP contribution < -0.4 is 20.3 Å². The quantitative estimate of drug-likeness (QED) is 0.154. The number of Topliss-reactive ketones (excluding diaryl/α,β-unsaturated/α-hetero) is 1. The zero-order valence-corrected chi connectivity index (χ0v) is 36.4. The molecular formula is C47H65N5O7. The summed E-state index contributed by atoms with van der Waals surface area (Å²) >= 11 is 0. The van der Waals surface area contributed by atoms with E-state index < -0.39 is 36.1 Å². The van der Waals surface area contributed by atoms with Gasteiger partial charge in [-0.2, -0.15) is 5.06 Å². The zero-order valence-electron chi connectivity index (χ0n) is 36.4. The molecule has 12 heteroatoms. The third kappa shape index (κ3) is 9.07. The lowest BCUT2D eigenvalue weighted by molar-refractivity contribution is -0.183. The fourth-order valence-corrected chi connectivity index (χ4v) is 10.0. The van der Waals surface area contributed by atoms with E-state index in [1.165, 1.54) is 6.42 Å². The van der Waals surface area contributed by atoms with E-state index in [-0.39, 0.29) is 42.2 Å². The SMILES string of the molecule is COc1c(CN2O[C@@H](CO)[C@H]([C@H](C)O)[C@H]2C(=O)N[C@H]2C[C@@H]3C[C@@H]([C@@H]2C)C3(C)C)cccc1-c1cc(C(=O)N[C@H](CN(C)C)C(=O)C(C)c2ccccc2)cc(N(C)C)c1. The molecule has 0 spiro atoms. The van der Waals surface area contributed by atoms with Gasteiger partial charge in [0.15, 0.2) is 5.78 Å². The van der Waals surface area contributed by atoms with Crippen molar-refractivity contribution in [2.24, 2.45) is 29.1 Å². The summed E-state index contributed by atoms with van der Waals surface area (Å²) < 4.78 is 6.10. The number of hydroxylamine groups is 2. The van der Waals surface area contributed by atoms with Gasteiger partial charge in [0.05, 0.1) is 26.4 Å².